The molecule has 1 aromatic rings. The van der Waals surface area contributed by atoms with Gasteiger partial charge in [-0.05, 0) is 0 Å². The van der Waals surface area contributed by atoms with E-state index in [1.807, 2.05) is 0 Å². The van der Waals surface area contributed by atoms with Gasteiger partial charge >= 0.3 is 5.97 Å². The molecule has 0 bridgehead atoms. The highest BCUT2D eigenvalue weighted by Gasteiger charge is 2.59. The predicted molar refractivity (Wildman–Crippen MR) is 40.0 cm³/mol. The van der Waals surface area contributed by atoms with E-state index in [0.29, 0.717) is 0 Å². The van der Waals surface area contributed by atoms with E-state index in [1.165, 1.54) is 7.11 Å². The lowest BCUT2D eigenvalue weighted by atomic mass is 10.6. The van der Waals surface area contributed by atoms with E-state index in [9.17, 15) is 13.6 Å². The number of alkyl halides is 2. The van der Waals surface area contributed by atoms with E-state index < -0.39 is 17.9 Å². The zero-order valence-electron chi connectivity index (χ0n) is 7.28. The molecule has 1 heterocycles. The number of hydrogen-bond donors (Lipinski definition) is 0. The molecule has 1 aliphatic rings. The van der Waals surface area contributed by atoms with E-state index >= 15 is 0 Å². The average molecular weight is 203 g/mol. The van der Waals surface area contributed by atoms with Crippen molar-refractivity contribution >= 4 is 5.97 Å². The van der Waals surface area contributed by atoms with Crippen LogP contribution in [0.5, 0.6) is 0 Å². The van der Waals surface area contributed by atoms with Gasteiger partial charge in [-0.3, -0.25) is 0 Å². The summed E-state index contributed by atoms with van der Waals surface area (Å²) < 4.78 is 30.5. The minimum Gasteiger partial charge on any atom is -0.463 e. The van der Waals surface area contributed by atoms with Crippen LogP contribution in [0, 0.1) is 0 Å². The first-order chi connectivity index (χ1) is 6.54. The molecular weight excluding hydrogens is 196 g/mol. The second kappa shape index (κ2) is 2.73. The summed E-state index contributed by atoms with van der Waals surface area (Å²) in [7, 11) is 1.18. The molecule has 14 heavy (non-hydrogen) atoms. The highest BCUT2D eigenvalue weighted by atomic mass is 19.3. The number of rotatable bonds is 2. The minimum atomic E-state index is -2.72. The van der Waals surface area contributed by atoms with Crippen LogP contribution in [-0.4, -0.2) is 33.8 Å². The summed E-state index contributed by atoms with van der Waals surface area (Å²) in [5.74, 6) is -3.65. The minimum absolute atomic E-state index is 0.199. The van der Waals surface area contributed by atoms with Gasteiger partial charge in [0.1, 0.15) is 12.4 Å². The molecule has 2 rings (SSSR count). The normalized spacial score (nSPS) is 23.2. The molecule has 0 N–H and O–H groups in total. The first kappa shape index (κ1) is 9.04. The quantitative estimate of drug-likeness (QED) is 0.662. The van der Waals surface area contributed by atoms with Crippen LogP contribution in [0.25, 0.3) is 0 Å². The molecule has 1 unspecified atom stereocenters. The Balaban J connectivity index is 2.15. The van der Waals surface area contributed by atoms with E-state index in [0.717, 1.165) is 11.0 Å². The molecule has 0 aliphatic heterocycles. The number of esters is 1. The molecule has 1 saturated carbocycles. The van der Waals surface area contributed by atoms with Crippen molar-refractivity contribution in [3.8, 4) is 0 Å². The molecule has 76 valence electrons. The van der Waals surface area contributed by atoms with E-state index in [2.05, 4.69) is 14.8 Å². The molecular formula is C7H7F2N3O2. The van der Waals surface area contributed by atoms with Crippen molar-refractivity contribution in [2.24, 2.45) is 0 Å². The van der Waals surface area contributed by atoms with Crippen molar-refractivity contribution in [1.82, 2.24) is 14.8 Å². The molecule has 1 fully saturated rings. The maximum Gasteiger partial charge on any atom is 0.377 e. The van der Waals surface area contributed by atoms with Gasteiger partial charge in [0.2, 0.25) is 0 Å². The summed E-state index contributed by atoms with van der Waals surface area (Å²) in [6.07, 6.45) is 0.856. The summed E-state index contributed by atoms with van der Waals surface area (Å²) in [5, 5.41) is 3.59. The van der Waals surface area contributed by atoms with Crippen molar-refractivity contribution in [2.45, 2.75) is 18.4 Å². The molecule has 7 heteroatoms. The zero-order chi connectivity index (χ0) is 10.3. The van der Waals surface area contributed by atoms with Crippen LogP contribution in [0.1, 0.15) is 23.1 Å². The van der Waals surface area contributed by atoms with Crippen LogP contribution in [0.2, 0.25) is 0 Å². The van der Waals surface area contributed by atoms with Gasteiger partial charge in [-0.1, -0.05) is 0 Å². The van der Waals surface area contributed by atoms with E-state index in [4.69, 9.17) is 0 Å². The molecule has 0 amide bonds. The van der Waals surface area contributed by atoms with E-state index in [-0.39, 0.29) is 12.2 Å². The van der Waals surface area contributed by atoms with E-state index in [1.54, 1.807) is 0 Å². The zero-order valence-corrected chi connectivity index (χ0v) is 7.28. The third-order valence-electron chi connectivity index (χ3n) is 1.99. The van der Waals surface area contributed by atoms with Crippen LogP contribution in [-0.2, 0) is 4.74 Å². The highest BCUT2D eigenvalue weighted by Crippen LogP contribution is 2.51. The fraction of sp³-hybridized carbons (Fsp3) is 0.571. The molecule has 0 radical (unpaired) electrons. The van der Waals surface area contributed by atoms with Gasteiger partial charge < -0.3 is 4.74 Å². The number of hydrogen-bond acceptors (Lipinski definition) is 4. The number of methoxy groups -OCH3 is 1. The number of carbonyl (C=O) groups excluding carboxylic acids is 1. The molecule has 1 aliphatic carbocycles. The van der Waals surface area contributed by atoms with Crippen molar-refractivity contribution in [3.63, 3.8) is 0 Å². The van der Waals surface area contributed by atoms with Crippen molar-refractivity contribution in [2.75, 3.05) is 7.11 Å². The third kappa shape index (κ3) is 1.34. The van der Waals surface area contributed by atoms with Crippen LogP contribution in [0.3, 0.4) is 0 Å². The fourth-order valence-electron chi connectivity index (χ4n) is 1.10. The van der Waals surface area contributed by atoms with Crippen LogP contribution >= 0.6 is 0 Å². The Hall–Kier alpha value is -1.53. The van der Waals surface area contributed by atoms with Crippen LogP contribution < -0.4 is 0 Å². The smallest absolute Gasteiger partial charge is 0.377 e. The summed E-state index contributed by atoms with van der Waals surface area (Å²) in [6, 6.07) is -0.964. The van der Waals surface area contributed by atoms with Crippen molar-refractivity contribution in [1.29, 1.82) is 0 Å². The molecule has 1 aromatic heterocycles. The number of halogens is 2. The van der Waals surface area contributed by atoms with Gasteiger partial charge in [0.15, 0.2) is 0 Å². The Morgan fingerprint density at radius 3 is 2.93 bits per heavy atom. The third-order valence-corrected chi connectivity index (χ3v) is 1.99. The predicted octanol–water partition coefficient (Wildman–Crippen LogP) is 0.645. The Morgan fingerprint density at radius 1 is 1.79 bits per heavy atom. The summed E-state index contributed by atoms with van der Waals surface area (Å²) >= 11 is 0. The summed E-state index contributed by atoms with van der Waals surface area (Å²) in [5.41, 5.74) is 0. The Morgan fingerprint density at radius 2 is 2.43 bits per heavy atom. The van der Waals surface area contributed by atoms with Gasteiger partial charge in [-0.15, -0.1) is 5.10 Å². The fourth-order valence-corrected chi connectivity index (χ4v) is 1.10. The Labute approximate surface area is 77.7 Å². The van der Waals surface area contributed by atoms with Crippen LogP contribution in [0.15, 0.2) is 6.33 Å². The number of carbonyl (C=O) groups is 1. The Bertz CT molecular complexity index is 377. The lowest BCUT2D eigenvalue weighted by Crippen LogP contribution is -2.07. The lowest BCUT2D eigenvalue weighted by molar-refractivity contribution is 0.0584. The first-order valence-electron chi connectivity index (χ1n) is 3.92. The van der Waals surface area contributed by atoms with Gasteiger partial charge in [-0.25, -0.2) is 23.2 Å². The maximum absolute atomic E-state index is 12.6. The molecule has 0 aromatic carbocycles. The largest absolute Gasteiger partial charge is 0.463 e. The lowest BCUT2D eigenvalue weighted by Gasteiger charge is -1.95. The van der Waals surface area contributed by atoms with Crippen LogP contribution in [0.4, 0.5) is 8.78 Å². The van der Waals surface area contributed by atoms with Crippen molar-refractivity contribution in [3.05, 3.63) is 12.2 Å². The number of aromatic nitrogens is 3. The van der Waals surface area contributed by atoms with Gasteiger partial charge in [-0.2, -0.15) is 0 Å². The van der Waals surface area contributed by atoms with Gasteiger partial charge in [0.05, 0.1) is 7.11 Å². The standard InChI is InChI=1S/C7H7F2N3O2/c1-14-6(13)5-10-3-12(11-5)4-2-7(4,8)9/h3-4H,2H2,1H3. The van der Waals surface area contributed by atoms with Gasteiger partial charge in [0, 0.05) is 6.42 Å². The number of ether oxygens (including phenoxy) is 1. The summed E-state index contributed by atoms with van der Waals surface area (Å²) in [6.45, 7) is 0. The average Bonchev–Trinajstić information content (AvgIpc) is 2.64. The first-order valence-corrected chi connectivity index (χ1v) is 3.92. The summed E-state index contributed by atoms with van der Waals surface area (Å²) in [4.78, 5) is 14.4. The number of nitrogens with zero attached hydrogens (tertiary/aromatic N) is 3. The van der Waals surface area contributed by atoms with Gasteiger partial charge in [0.25, 0.3) is 11.7 Å². The van der Waals surface area contributed by atoms with Crippen molar-refractivity contribution < 1.29 is 18.3 Å². The Kier molecular flexibility index (Phi) is 1.76. The molecule has 5 nitrogen and oxygen atoms in total. The SMILES string of the molecule is COC(=O)c1ncn(C2CC2(F)F)n1. The monoisotopic (exact) mass is 203 g/mol. The molecule has 1 atom stereocenters. The molecule has 0 saturated heterocycles. The molecule has 0 spiro atoms. The second-order valence-electron chi connectivity index (χ2n) is 3.02. The maximum atomic E-state index is 12.6. The second-order valence-corrected chi connectivity index (χ2v) is 3.02. The topological polar surface area (TPSA) is 57.0 Å². The highest BCUT2D eigenvalue weighted by molar-refractivity contribution is 5.84.